The maximum absolute atomic E-state index is 13.7. The van der Waals surface area contributed by atoms with E-state index in [0.29, 0.717) is 12.3 Å². The lowest BCUT2D eigenvalue weighted by atomic mass is 9.82. The number of amides is 2. The van der Waals surface area contributed by atoms with Crippen LogP contribution in [0.5, 0.6) is 5.75 Å². The Hall–Kier alpha value is -2.86. The molecule has 4 rings (SSSR count). The van der Waals surface area contributed by atoms with E-state index < -0.39 is 12.0 Å². The Morgan fingerprint density at radius 1 is 0.909 bits per heavy atom. The number of hydrogen-bond donors (Lipinski definition) is 0. The Balaban J connectivity index is 1.64. The number of para-hydroxylation sites is 1. The van der Waals surface area contributed by atoms with Gasteiger partial charge in [-0.05, 0) is 55.2 Å². The molecule has 0 aliphatic carbocycles. The fraction of sp³-hybridized carbons (Fsp3) is 0.481. The third kappa shape index (κ3) is 4.49. The number of carbonyl (C=O) groups is 2. The van der Waals surface area contributed by atoms with Crippen LogP contribution in [-0.2, 0) is 14.4 Å². The minimum atomic E-state index is -0.797. The number of hydrogen-bond acceptors (Lipinski definition) is 5. The topological polar surface area (TPSA) is 59.1 Å². The molecule has 2 heterocycles. The van der Waals surface area contributed by atoms with Crippen molar-refractivity contribution in [2.24, 2.45) is 11.8 Å². The molecule has 0 bridgehead atoms. The van der Waals surface area contributed by atoms with Crippen LogP contribution >= 0.6 is 0 Å². The Morgan fingerprint density at radius 2 is 1.64 bits per heavy atom. The van der Waals surface area contributed by atoms with Gasteiger partial charge in [-0.2, -0.15) is 0 Å². The van der Waals surface area contributed by atoms with Crippen LogP contribution in [0.4, 0.5) is 11.4 Å². The van der Waals surface area contributed by atoms with E-state index in [4.69, 9.17) is 9.57 Å². The Bertz CT molecular complexity index is 946. The number of benzene rings is 2. The van der Waals surface area contributed by atoms with Gasteiger partial charge in [-0.1, -0.05) is 58.2 Å². The Kier molecular flexibility index (Phi) is 7.33. The summed E-state index contributed by atoms with van der Waals surface area (Å²) in [7, 11) is 0. The van der Waals surface area contributed by atoms with Crippen LogP contribution in [0.3, 0.4) is 0 Å². The maximum atomic E-state index is 13.7. The molecule has 2 aliphatic rings. The summed E-state index contributed by atoms with van der Waals surface area (Å²) in [6.45, 7) is 7.01. The van der Waals surface area contributed by atoms with Crippen molar-refractivity contribution in [3.05, 3.63) is 54.6 Å². The molecule has 6 nitrogen and oxygen atoms in total. The van der Waals surface area contributed by atoms with E-state index in [1.807, 2.05) is 54.5 Å². The van der Waals surface area contributed by atoms with Crippen molar-refractivity contribution in [3.63, 3.8) is 0 Å². The molecule has 2 amide bonds. The van der Waals surface area contributed by atoms with Gasteiger partial charge in [0, 0.05) is 0 Å². The van der Waals surface area contributed by atoms with Gasteiger partial charge in [0.15, 0.2) is 6.10 Å². The van der Waals surface area contributed by atoms with E-state index in [0.717, 1.165) is 43.5 Å². The predicted octanol–water partition coefficient (Wildman–Crippen LogP) is 5.37. The first-order chi connectivity index (χ1) is 16.1. The number of rotatable bonds is 10. The highest BCUT2D eigenvalue weighted by atomic mass is 16.7. The number of fused-ring (bicyclic) bond motifs is 1. The normalized spacial score (nSPS) is 23.2. The van der Waals surface area contributed by atoms with Crippen LogP contribution in [0.25, 0.3) is 0 Å². The highest BCUT2D eigenvalue weighted by Crippen LogP contribution is 2.44. The van der Waals surface area contributed by atoms with E-state index in [-0.39, 0.29) is 23.8 Å². The molecule has 0 radical (unpaired) electrons. The minimum Gasteiger partial charge on any atom is -0.494 e. The quantitative estimate of drug-likeness (QED) is 0.456. The second kappa shape index (κ2) is 10.4. The fourth-order valence-corrected chi connectivity index (χ4v) is 4.98. The molecule has 6 heteroatoms. The molecule has 176 valence electrons. The molecule has 0 aromatic heterocycles. The van der Waals surface area contributed by atoms with Crippen LogP contribution in [0.2, 0.25) is 0 Å². The molecule has 2 fully saturated rings. The van der Waals surface area contributed by atoms with Crippen molar-refractivity contribution in [2.75, 3.05) is 16.6 Å². The van der Waals surface area contributed by atoms with Crippen LogP contribution in [0.1, 0.15) is 52.9 Å². The summed E-state index contributed by atoms with van der Waals surface area (Å²) in [5, 5.41) is 1.84. The zero-order chi connectivity index (χ0) is 23.4. The molecule has 4 atom stereocenters. The Labute approximate surface area is 196 Å². The van der Waals surface area contributed by atoms with Gasteiger partial charge in [-0.25, -0.2) is 9.96 Å². The molecule has 0 N–H and O–H groups in total. The van der Waals surface area contributed by atoms with Gasteiger partial charge in [0.2, 0.25) is 5.91 Å². The summed E-state index contributed by atoms with van der Waals surface area (Å²) >= 11 is 0. The van der Waals surface area contributed by atoms with E-state index in [2.05, 4.69) is 13.8 Å². The van der Waals surface area contributed by atoms with Crippen molar-refractivity contribution < 1.29 is 19.2 Å². The van der Waals surface area contributed by atoms with Gasteiger partial charge in [0.25, 0.3) is 5.91 Å². The molecular formula is C27H34N2O4. The number of anilines is 2. The second-order valence-corrected chi connectivity index (χ2v) is 8.87. The van der Waals surface area contributed by atoms with Crippen molar-refractivity contribution in [3.8, 4) is 5.75 Å². The highest BCUT2D eigenvalue weighted by molar-refractivity contribution is 6.23. The average Bonchev–Trinajstić information content (AvgIpc) is 3.35. The molecule has 2 aliphatic heterocycles. The zero-order valence-corrected chi connectivity index (χ0v) is 19.8. The monoisotopic (exact) mass is 450 g/mol. The van der Waals surface area contributed by atoms with Crippen molar-refractivity contribution in [1.29, 1.82) is 0 Å². The van der Waals surface area contributed by atoms with Gasteiger partial charge < -0.3 is 4.74 Å². The number of carbonyl (C=O) groups excluding carboxylic acids is 2. The summed E-state index contributed by atoms with van der Waals surface area (Å²) in [6, 6.07) is 16.8. The highest BCUT2D eigenvalue weighted by Gasteiger charge is 2.61. The lowest BCUT2D eigenvalue weighted by Crippen LogP contribution is -2.44. The first-order valence-corrected chi connectivity index (χ1v) is 12.2. The van der Waals surface area contributed by atoms with Crippen molar-refractivity contribution >= 4 is 23.2 Å². The third-order valence-electron chi connectivity index (χ3n) is 6.68. The largest absolute Gasteiger partial charge is 0.494 e. The summed E-state index contributed by atoms with van der Waals surface area (Å²) in [6.07, 6.45) is 4.22. The molecule has 2 aromatic carbocycles. The SMILES string of the molecule is CCCC[C@@H](CC)[C@@H]1[C@H]2C(=O)N(c3ccc(OCCC)cc3)C(=O)[C@@H]2ON1c1ccccc1. The number of nitrogens with zero attached hydrogens (tertiary/aromatic N) is 2. The lowest BCUT2D eigenvalue weighted by Gasteiger charge is -2.33. The second-order valence-electron chi connectivity index (χ2n) is 8.87. The van der Waals surface area contributed by atoms with E-state index >= 15 is 0 Å². The summed E-state index contributed by atoms with van der Waals surface area (Å²) in [5.41, 5.74) is 1.45. The first-order valence-electron chi connectivity index (χ1n) is 12.2. The minimum absolute atomic E-state index is 0.175. The van der Waals surface area contributed by atoms with Gasteiger partial charge in [-0.15, -0.1) is 0 Å². The van der Waals surface area contributed by atoms with Crippen molar-refractivity contribution in [1.82, 2.24) is 0 Å². The van der Waals surface area contributed by atoms with E-state index in [1.165, 1.54) is 4.90 Å². The molecule has 0 spiro atoms. The van der Waals surface area contributed by atoms with E-state index in [1.54, 1.807) is 12.1 Å². The smallest absolute Gasteiger partial charge is 0.266 e. The summed E-state index contributed by atoms with van der Waals surface area (Å²) in [4.78, 5) is 34.7. The first kappa shape index (κ1) is 23.3. The molecule has 2 saturated heterocycles. The number of imide groups is 1. The predicted molar refractivity (Wildman–Crippen MR) is 129 cm³/mol. The molecule has 2 aromatic rings. The molecule has 0 unspecified atom stereocenters. The van der Waals surface area contributed by atoms with Gasteiger partial charge >= 0.3 is 0 Å². The average molecular weight is 451 g/mol. The van der Waals surface area contributed by atoms with E-state index in [9.17, 15) is 9.59 Å². The number of ether oxygens (including phenoxy) is 1. The summed E-state index contributed by atoms with van der Waals surface area (Å²) < 4.78 is 5.64. The summed E-state index contributed by atoms with van der Waals surface area (Å²) in [5.74, 6) is -0.00121. The molecule has 0 saturated carbocycles. The van der Waals surface area contributed by atoms with Gasteiger partial charge in [0.05, 0.1) is 29.9 Å². The molecular weight excluding hydrogens is 416 g/mol. The van der Waals surface area contributed by atoms with Crippen LogP contribution in [0, 0.1) is 11.8 Å². The Morgan fingerprint density at radius 3 is 2.27 bits per heavy atom. The van der Waals surface area contributed by atoms with Gasteiger partial charge in [-0.3, -0.25) is 14.4 Å². The van der Waals surface area contributed by atoms with Crippen molar-refractivity contribution in [2.45, 2.75) is 65.0 Å². The third-order valence-corrected chi connectivity index (χ3v) is 6.68. The van der Waals surface area contributed by atoms with Crippen LogP contribution < -0.4 is 14.7 Å². The van der Waals surface area contributed by atoms with Crippen LogP contribution in [0.15, 0.2) is 54.6 Å². The number of unbranched alkanes of at least 4 members (excludes halogenated alkanes) is 1. The standard InChI is InChI=1S/C27H34N2O4/c1-4-7-11-19(6-3)24-23-25(33-29(24)21-12-9-8-10-13-21)27(31)28(26(23)30)20-14-16-22(17-15-20)32-18-5-2/h8-10,12-17,19,23-25H,4-7,11,18H2,1-3H3/t19-,23-,24-,25-/m1/s1. The molecule has 33 heavy (non-hydrogen) atoms. The van der Waals surface area contributed by atoms with Gasteiger partial charge in [0.1, 0.15) is 5.75 Å². The lowest BCUT2D eigenvalue weighted by molar-refractivity contribution is -0.126. The fourth-order valence-electron chi connectivity index (χ4n) is 4.98. The number of hydroxylamine groups is 1. The zero-order valence-electron chi connectivity index (χ0n) is 19.8. The maximum Gasteiger partial charge on any atom is 0.266 e. The van der Waals surface area contributed by atoms with Crippen LogP contribution in [-0.4, -0.2) is 30.6 Å².